The highest BCUT2D eigenvalue weighted by molar-refractivity contribution is 9.10. The monoisotopic (exact) mass is 340 g/mol. The van der Waals surface area contributed by atoms with Crippen LogP contribution in [0.2, 0.25) is 0 Å². The zero-order valence-corrected chi connectivity index (χ0v) is 13.8. The first kappa shape index (κ1) is 16.0. The molecule has 4 heteroatoms. The second-order valence-electron chi connectivity index (χ2n) is 5.62. The summed E-state index contributed by atoms with van der Waals surface area (Å²) >= 11 is 3.60. The van der Waals surface area contributed by atoms with E-state index < -0.39 is 0 Å². The summed E-state index contributed by atoms with van der Waals surface area (Å²) in [5.41, 5.74) is 1.31. The molecule has 0 radical (unpaired) electrons. The lowest BCUT2D eigenvalue weighted by Gasteiger charge is -2.29. The van der Waals surface area contributed by atoms with Crippen molar-refractivity contribution in [2.45, 2.75) is 38.3 Å². The van der Waals surface area contributed by atoms with E-state index in [-0.39, 0.29) is 6.10 Å². The van der Waals surface area contributed by atoms with E-state index in [0.29, 0.717) is 6.04 Å². The Balaban J connectivity index is 1.65. The molecule has 0 amide bonds. The third-order valence-corrected chi connectivity index (χ3v) is 4.75. The topological polar surface area (TPSA) is 35.5 Å². The molecule has 20 heavy (non-hydrogen) atoms. The standard InChI is InChI=1S/C16H25BrN2O/c1-13(15-5-2-3-6-16(15)17)18-9-4-10-19-11-7-14(20)8-12-19/h2-3,5-6,13-14,18,20H,4,7-12H2,1H3. The van der Waals surface area contributed by atoms with Crippen molar-refractivity contribution in [2.24, 2.45) is 0 Å². The summed E-state index contributed by atoms with van der Waals surface area (Å²) in [6.07, 6.45) is 2.95. The first-order valence-corrected chi connectivity index (χ1v) is 8.34. The van der Waals surface area contributed by atoms with E-state index >= 15 is 0 Å². The Morgan fingerprint density at radius 3 is 2.75 bits per heavy atom. The molecule has 1 aliphatic rings. The van der Waals surface area contributed by atoms with Crippen molar-refractivity contribution in [3.63, 3.8) is 0 Å². The minimum atomic E-state index is -0.0696. The molecule has 1 aliphatic heterocycles. The Morgan fingerprint density at radius 1 is 1.35 bits per heavy atom. The number of likely N-dealkylation sites (tertiary alicyclic amines) is 1. The molecule has 0 aliphatic carbocycles. The maximum Gasteiger partial charge on any atom is 0.0564 e. The summed E-state index contributed by atoms with van der Waals surface area (Å²) in [5.74, 6) is 0. The van der Waals surface area contributed by atoms with Gasteiger partial charge in [-0.2, -0.15) is 0 Å². The van der Waals surface area contributed by atoms with Crippen molar-refractivity contribution in [1.82, 2.24) is 10.2 Å². The van der Waals surface area contributed by atoms with Crippen molar-refractivity contribution in [3.05, 3.63) is 34.3 Å². The van der Waals surface area contributed by atoms with Gasteiger partial charge in [0.05, 0.1) is 6.10 Å². The van der Waals surface area contributed by atoms with E-state index in [1.54, 1.807) is 0 Å². The average Bonchev–Trinajstić information content (AvgIpc) is 2.46. The number of piperidine rings is 1. The fourth-order valence-electron chi connectivity index (χ4n) is 2.70. The minimum Gasteiger partial charge on any atom is -0.393 e. The lowest BCUT2D eigenvalue weighted by molar-refractivity contribution is 0.0820. The third kappa shape index (κ3) is 4.85. The highest BCUT2D eigenvalue weighted by Gasteiger charge is 2.16. The SMILES string of the molecule is CC(NCCCN1CCC(O)CC1)c1ccccc1Br. The predicted octanol–water partition coefficient (Wildman–Crippen LogP) is 2.95. The van der Waals surface area contributed by atoms with Crippen LogP contribution in [0, 0.1) is 0 Å². The third-order valence-electron chi connectivity index (χ3n) is 4.03. The zero-order chi connectivity index (χ0) is 14.4. The van der Waals surface area contributed by atoms with Gasteiger partial charge in [-0.3, -0.25) is 0 Å². The molecule has 1 saturated heterocycles. The van der Waals surface area contributed by atoms with Crippen LogP contribution >= 0.6 is 15.9 Å². The number of aliphatic hydroxyl groups excluding tert-OH is 1. The van der Waals surface area contributed by atoms with Gasteiger partial charge in [0.2, 0.25) is 0 Å². The highest BCUT2D eigenvalue weighted by Crippen LogP contribution is 2.22. The Hall–Kier alpha value is -0.420. The summed E-state index contributed by atoms with van der Waals surface area (Å²) in [6.45, 7) is 6.45. The smallest absolute Gasteiger partial charge is 0.0564 e. The molecule has 1 unspecified atom stereocenters. The number of aliphatic hydroxyl groups is 1. The van der Waals surface area contributed by atoms with Gasteiger partial charge in [-0.1, -0.05) is 34.1 Å². The average molecular weight is 341 g/mol. The molecule has 1 fully saturated rings. The van der Waals surface area contributed by atoms with Crippen LogP contribution < -0.4 is 5.32 Å². The number of hydrogen-bond donors (Lipinski definition) is 2. The van der Waals surface area contributed by atoms with Gasteiger partial charge in [0.25, 0.3) is 0 Å². The number of nitrogens with zero attached hydrogens (tertiary/aromatic N) is 1. The fourth-order valence-corrected chi connectivity index (χ4v) is 3.33. The normalized spacial score (nSPS) is 19.1. The molecule has 1 heterocycles. The first-order valence-electron chi connectivity index (χ1n) is 7.55. The lowest BCUT2D eigenvalue weighted by Crippen LogP contribution is -2.37. The van der Waals surface area contributed by atoms with Crippen molar-refractivity contribution in [2.75, 3.05) is 26.2 Å². The Morgan fingerprint density at radius 2 is 2.05 bits per heavy atom. The molecule has 1 aromatic carbocycles. The Labute approximate surface area is 130 Å². The van der Waals surface area contributed by atoms with Gasteiger partial charge < -0.3 is 15.3 Å². The second kappa shape index (κ2) is 8.13. The van der Waals surface area contributed by atoms with Crippen LogP contribution in [0.15, 0.2) is 28.7 Å². The van der Waals surface area contributed by atoms with E-state index in [4.69, 9.17) is 0 Å². The summed E-state index contributed by atoms with van der Waals surface area (Å²) < 4.78 is 1.17. The van der Waals surface area contributed by atoms with Gasteiger partial charge >= 0.3 is 0 Å². The van der Waals surface area contributed by atoms with Gasteiger partial charge in [0.1, 0.15) is 0 Å². The Bertz CT molecular complexity index is 405. The van der Waals surface area contributed by atoms with Gasteiger partial charge in [0, 0.05) is 23.6 Å². The zero-order valence-electron chi connectivity index (χ0n) is 12.2. The second-order valence-corrected chi connectivity index (χ2v) is 6.48. The van der Waals surface area contributed by atoms with Crippen LogP contribution in [-0.2, 0) is 0 Å². The van der Waals surface area contributed by atoms with Crippen molar-refractivity contribution in [3.8, 4) is 0 Å². The summed E-state index contributed by atoms with van der Waals surface area (Å²) in [5, 5.41) is 13.1. The number of rotatable bonds is 6. The number of hydrogen-bond acceptors (Lipinski definition) is 3. The number of nitrogens with one attached hydrogen (secondary N) is 1. The van der Waals surface area contributed by atoms with Crippen LogP contribution in [0.3, 0.4) is 0 Å². The highest BCUT2D eigenvalue weighted by atomic mass is 79.9. The quantitative estimate of drug-likeness (QED) is 0.781. The molecule has 1 atom stereocenters. The van der Waals surface area contributed by atoms with Crippen LogP contribution in [0.25, 0.3) is 0 Å². The lowest BCUT2D eigenvalue weighted by atomic mass is 10.1. The van der Waals surface area contributed by atoms with E-state index in [0.717, 1.165) is 45.4 Å². The molecule has 112 valence electrons. The molecule has 0 saturated carbocycles. The van der Waals surface area contributed by atoms with Gasteiger partial charge in [-0.15, -0.1) is 0 Å². The van der Waals surface area contributed by atoms with Crippen LogP contribution in [0.5, 0.6) is 0 Å². The van der Waals surface area contributed by atoms with Crippen molar-refractivity contribution < 1.29 is 5.11 Å². The summed E-state index contributed by atoms with van der Waals surface area (Å²) in [4.78, 5) is 2.46. The molecule has 2 N–H and O–H groups in total. The number of halogens is 1. The maximum absolute atomic E-state index is 9.48. The van der Waals surface area contributed by atoms with E-state index in [9.17, 15) is 5.11 Å². The fraction of sp³-hybridized carbons (Fsp3) is 0.625. The summed E-state index contributed by atoms with van der Waals surface area (Å²) in [7, 11) is 0. The van der Waals surface area contributed by atoms with Crippen molar-refractivity contribution >= 4 is 15.9 Å². The Kier molecular flexibility index (Phi) is 6.49. The van der Waals surface area contributed by atoms with Gasteiger partial charge in [-0.05, 0) is 50.9 Å². The van der Waals surface area contributed by atoms with Crippen molar-refractivity contribution in [1.29, 1.82) is 0 Å². The molecule has 3 nitrogen and oxygen atoms in total. The molecular formula is C16H25BrN2O. The molecule has 0 spiro atoms. The van der Waals surface area contributed by atoms with Crippen LogP contribution in [0.4, 0.5) is 0 Å². The van der Waals surface area contributed by atoms with Crippen LogP contribution in [-0.4, -0.2) is 42.3 Å². The predicted molar refractivity (Wildman–Crippen MR) is 86.9 cm³/mol. The molecular weight excluding hydrogens is 316 g/mol. The molecule has 0 bridgehead atoms. The summed E-state index contributed by atoms with van der Waals surface area (Å²) in [6, 6.07) is 8.75. The van der Waals surface area contributed by atoms with Gasteiger partial charge in [-0.25, -0.2) is 0 Å². The van der Waals surface area contributed by atoms with Gasteiger partial charge in [0.15, 0.2) is 0 Å². The van der Waals surface area contributed by atoms with E-state index in [2.05, 4.69) is 51.3 Å². The molecule has 0 aromatic heterocycles. The largest absolute Gasteiger partial charge is 0.393 e. The van der Waals surface area contributed by atoms with E-state index in [1.165, 1.54) is 10.0 Å². The van der Waals surface area contributed by atoms with Crippen LogP contribution in [0.1, 0.15) is 37.8 Å². The number of benzene rings is 1. The minimum absolute atomic E-state index is 0.0696. The molecule has 1 aromatic rings. The maximum atomic E-state index is 9.48. The first-order chi connectivity index (χ1) is 9.66. The molecule has 2 rings (SSSR count). The van der Waals surface area contributed by atoms with E-state index in [1.807, 2.05) is 6.07 Å².